The van der Waals surface area contributed by atoms with Gasteiger partial charge in [0.05, 0.1) is 0 Å². The van der Waals surface area contributed by atoms with E-state index in [1.807, 2.05) is 0 Å². The first kappa shape index (κ1) is 33.4. The lowest BCUT2D eigenvalue weighted by Gasteiger charge is -2.32. The highest BCUT2D eigenvalue weighted by molar-refractivity contribution is 6.02. The summed E-state index contributed by atoms with van der Waals surface area (Å²) in [7, 11) is 3.09. The van der Waals surface area contributed by atoms with Gasteiger partial charge in [-0.05, 0) is 37.2 Å². The molecule has 0 heterocycles. The van der Waals surface area contributed by atoms with Crippen LogP contribution >= 0.6 is 12.4 Å². The number of amides is 5. The molecule has 3 unspecified atom stereocenters. The topological polar surface area (TPSA) is 215 Å². The summed E-state index contributed by atoms with van der Waals surface area (Å²) in [5, 5.41) is 12.9. The predicted octanol–water partition coefficient (Wildman–Crippen LogP) is -0.0599. The minimum absolute atomic E-state index is 0. The molecule has 2 rings (SSSR count). The number of rotatable bonds is 13. The van der Waals surface area contributed by atoms with Crippen LogP contribution in [0.3, 0.4) is 0 Å². The van der Waals surface area contributed by atoms with Crippen molar-refractivity contribution >= 4 is 47.8 Å². The third-order valence-corrected chi connectivity index (χ3v) is 6.80. The van der Waals surface area contributed by atoms with E-state index >= 15 is 0 Å². The molecule has 12 nitrogen and oxygen atoms in total. The summed E-state index contributed by atoms with van der Waals surface area (Å²) in [6.45, 7) is 0. The number of nitrogens with zero attached hydrogens (tertiary/aromatic N) is 1. The average molecular weight is 566 g/mol. The Morgan fingerprint density at radius 1 is 0.949 bits per heavy atom. The summed E-state index contributed by atoms with van der Waals surface area (Å²) in [6, 6.07) is 4.55. The summed E-state index contributed by atoms with van der Waals surface area (Å²) < 4.78 is 0. The van der Waals surface area contributed by atoms with Crippen LogP contribution in [-0.2, 0) is 30.4 Å². The zero-order valence-electron chi connectivity index (χ0n) is 22.4. The SMILES string of the molecule is CN(C)C(=O)C(Cc1ccc(C(=N)N)cc1)C(=O)NC(C(=O)NC(CCC(N)=O)C(N)=O)C1CCCCC1.Cl. The first-order valence-corrected chi connectivity index (χ1v) is 12.7. The van der Waals surface area contributed by atoms with Crippen LogP contribution in [0.4, 0.5) is 0 Å². The van der Waals surface area contributed by atoms with E-state index in [0.717, 1.165) is 19.3 Å². The Kier molecular flexibility index (Phi) is 13.4. The Balaban J connectivity index is 0.00000760. The van der Waals surface area contributed by atoms with E-state index in [4.69, 9.17) is 22.6 Å². The third kappa shape index (κ3) is 10.2. The summed E-state index contributed by atoms with van der Waals surface area (Å²) in [5.41, 5.74) is 17.3. The van der Waals surface area contributed by atoms with Gasteiger partial charge in [-0.3, -0.25) is 29.4 Å². The number of hydrogen-bond acceptors (Lipinski definition) is 6. The van der Waals surface area contributed by atoms with Crippen molar-refractivity contribution in [3.63, 3.8) is 0 Å². The monoisotopic (exact) mass is 565 g/mol. The highest BCUT2D eigenvalue weighted by atomic mass is 35.5. The molecule has 9 N–H and O–H groups in total. The quantitative estimate of drug-likeness (QED) is 0.109. The second-order valence-electron chi connectivity index (χ2n) is 9.95. The lowest BCUT2D eigenvalue weighted by Crippen LogP contribution is -2.57. The van der Waals surface area contributed by atoms with Gasteiger partial charge in [-0.2, -0.15) is 0 Å². The van der Waals surface area contributed by atoms with Crippen molar-refractivity contribution < 1.29 is 24.0 Å². The number of carbonyl (C=O) groups is 5. The maximum atomic E-state index is 13.5. The van der Waals surface area contributed by atoms with Gasteiger partial charge in [0.2, 0.25) is 29.5 Å². The van der Waals surface area contributed by atoms with E-state index < -0.39 is 47.5 Å². The number of nitrogens with two attached hydrogens (primary N) is 3. The Morgan fingerprint density at radius 3 is 2.03 bits per heavy atom. The first-order valence-electron chi connectivity index (χ1n) is 12.7. The van der Waals surface area contributed by atoms with Gasteiger partial charge in [-0.25, -0.2) is 0 Å². The van der Waals surface area contributed by atoms with E-state index in [-0.39, 0.29) is 43.4 Å². The molecule has 216 valence electrons. The molecule has 1 aromatic rings. The Bertz CT molecular complexity index is 1040. The standard InChI is InChI=1S/C26H39N7O5.ClH/c1-33(2)26(38)18(14-15-8-10-17(11-9-15)22(28)29)24(36)32-21(16-6-4-3-5-7-16)25(37)31-19(23(30)35)12-13-20(27)34;/h8-11,16,18-19,21H,3-7,12-14H2,1-2H3,(H2,27,34)(H3,28,29)(H2,30,35)(H,31,37)(H,32,36);1H. The van der Waals surface area contributed by atoms with Crippen molar-refractivity contribution in [1.82, 2.24) is 15.5 Å². The fourth-order valence-corrected chi connectivity index (χ4v) is 4.61. The second-order valence-corrected chi connectivity index (χ2v) is 9.95. The maximum absolute atomic E-state index is 13.5. The number of halogens is 1. The lowest BCUT2D eigenvalue weighted by atomic mass is 9.83. The molecule has 1 saturated carbocycles. The molecule has 5 amide bonds. The predicted molar refractivity (Wildman–Crippen MR) is 149 cm³/mol. The largest absolute Gasteiger partial charge is 0.384 e. The van der Waals surface area contributed by atoms with Gasteiger partial charge < -0.3 is 32.7 Å². The van der Waals surface area contributed by atoms with Crippen LogP contribution < -0.4 is 27.8 Å². The van der Waals surface area contributed by atoms with Gasteiger partial charge in [0.1, 0.15) is 23.8 Å². The molecule has 0 radical (unpaired) electrons. The number of primary amides is 2. The molecule has 1 fully saturated rings. The average Bonchev–Trinajstić information content (AvgIpc) is 2.87. The van der Waals surface area contributed by atoms with Gasteiger partial charge >= 0.3 is 0 Å². The highest BCUT2D eigenvalue weighted by Gasteiger charge is 2.36. The molecule has 1 aliphatic rings. The van der Waals surface area contributed by atoms with Gasteiger partial charge in [0, 0.05) is 26.1 Å². The van der Waals surface area contributed by atoms with E-state index in [1.54, 1.807) is 38.4 Å². The van der Waals surface area contributed by atoms with Crippen molar-refractivity contribution in [3.05, 3.63) is 35.4 Å². The molecule has 1 aliphatic carbocycles. The number of benzene rings is 1. The molecule has 13 heteroatoms. The van der Waals surface area contributed by atoms with Crippen LogP contribution in [0, 0.1) is 17.2 Å². The maximum Gasteiger partial charge on any atom is 0.243 e. The number of nitrogens with one attached hydrogen (secondary N) is 3. The van der Waals surface area contributed by atoms with E-state index in [9.17, 15) is 24.0 Å². The summed E-state index contributed by atoms with van der Waals surface area (Å²) in [6.07, 6.45) is 4.04. The van der Waals surface area contributed by atoms with Crippen molar-refractivity contribution in [3.8, 4) is 0 Å². The Labute approximate surface area is 234 Å². The lowest BCUT2D eigenvalue weighted by molar-refractivity contribution is -0.142. The summed E-state index contributed by atoms with van der Waals surface area (Å²) in [5.74, 6) is -4.50. The van der Waals surface area contributed by atoms with Gasteiger partial charge in [-0.1, -0.05) is 43.5 Å². The van der Waals surface area contributed by atoms with Crippen LogP contribution in [0.5, 0.6) is 0 Å². The number of carbonyl (C=O) groups excluding carboxylic acids is 5. The Hall–Kier alpha value is -3.67. The fourth-order valence-electron chi connectivity index (χ4n) is 4.61. The van der Waals surface area contributed by atoms with Crippen molar-refractivity contribution in [2.24, 2.45) is 29.0 Å². The number of nitrogen functional groups attached to an aromatic ring is 1. The van der Waals surface area contributed by atoms with Gasteiger partial charge in [0.15, 0.2) is 0 Å². The molecule has 3 atom stereocenters. The molecule has 0 aliphatic heterocycles. The molecule has 0 spiro atoms. The Morgan fingerprint density at radius 2 is 1.54 bits per heavy atom. The zero-order valence-corrected chi connectivity index (χ0v) is 23.2. The molecule has 0 saturated heterocycles. The van der Waals surface area contributed by atoms with E-state index in [1.165, 1.54) is 4.90 Å². The molecule has 1 aromatic carbocycles. The van der Waals surface area contributed by atoms with Crippen LogP contribution in [-0.4, -0.2) is 66.5 Å². The van der Waals surface area contributed by atoms with E-state index in [0.29, 0.717) is 24.0 Å². The highest BCUT2D eigenvalue weighted by Crippen LogP contribution is 2.27. The van der Waals surface area contributed by atoms with E-state index in [2.05, 4.69) is 10.6 Å². The molecule has 39 heavy (non-hydrogen) atoms. The van der Waals surface area contributed by atoms with Gasteiger partial charge in [-0.15, -0.1) is 12.4 Å². The van der Waals surface area contributed by atoms with Gasteiger partial charge in [0.25, 0.3) is 0 Å². The fraction of sp³-hybridized carbons (Fsp3) is 0.538. The second kappa shape index (κ2) is 15.7. The summed E-state index contributed by atoms with van der Waals surface area (Å²) >= 11 is 0. The van der Waals surface area contributed by atoms with Crippen LogP contribution in [0.2, 0.25) is 0 Å². The zero-order chi connectivity index (χ0) is 28.4. The smallest absolute Gasteiger partial charge is 0.243 e. The minimum atomic E-state index is -1.13. The van der Waals surface area contributed by atoms with Crippen molar-refractivity contribution in [1.29, 1.82) is 5.41 Å². The third-order valence-electron chi connectivity index (χ3n) is 6.80. The summed E-state index contributed by atoms with van der Waals surface area (Å²) in [4.78, 5) is 64.3. The molecule has 0 aromatic heterocycles. The normalized spacial score (nSPS) is 15.5. The first-order chi connectivity index (χ1) is 17.9. The van der Waals surface area contributed by atoms with Crippen LogP contribution in [0.15, 0.2) is 24.3 Å². The molecular weight excluding hydrogens is 526 g/mol. The van der Waals surface area contributed by atoms with Crippen LogP contribution in [0.25, 0.3) is 0 Å². The van der Waals surface area contributed by atoms with Crippen molar-refractivity contribution in [2.75, 3.05) is 14.1 Å². The number of amidine groups is 1. The van der Waals surface area contributed by atoms with Crippen LogP contribution in [0.1, 0.15) is 56.1 Å². The van der Waals surface area contributed by atoms with Crippen molar-refractivity contribution in [2.45, 2.75) is 63.5 Å². The molecular formula is C26H40ClN7O5. The number of hydrogen-bond donors (Lipinski definition) is 6. The molecule has 0 bridgehead atoms. The minimum Gasteiger partial charge on any atom is -0.384 e.